The van der Waals surface area contributed by atoms with Gasteiger partial charge < -0.3 is 19.9 Å². The van der Waals surface area contributed by atoms with Crippen LogP contribution in [0.2, 0.25) is 0 Å². The second kappa shape index (κ2) is 9.11. The average Bonchev–Trinajstić information content (AvgIpc) is 3.26. The number of hydrogen-bond donors (Lipinski definition) is 1. The lowest BCUT2D eigenvalue weighted by atomic mass is 9.98. The number of anilines is 1. The summed E-state index contributed by atoms with van der Waals surface area (Å²) in [6.45, 7) is 4.69. The number of nitrogens with two attached hydrogens (primary N) is 1. The van der Waals surface area contributed by atoms with Gasteiger partial charge >= 0.3 is 13.8 Å². The molecular weight excluding hydrogens is 464 g/mol. The minimum absolute atomic E-state index is 0.0808. The van der Waals surface area contributed by atoms with E-state index in [4.69, 9.17) is 33.5 Å². The Hall–Kier alpha value is -2.38. The maximum absolute atomic E-state index is 16.0. The van der Waals surface area contributed by atoms with E-state index in [1.54, 1.807) is 13.8 Å². The SMILES string of the molecule is CCOC(=O)CCOP1(=O)OC[C@H]2O[C@@H](n3cnc4c(OCC)nc(N)nc43)[C@](C)(F)[C@@H]2O1. The smallest absolute Gasteiger partial charge is 0.475 e. The Labute approximate surface area is 188 Å². The Bertz CT molecular complexity index is 1080. The zero-order valence-corrected chi connectivity index (χ0v) is 19.2. The van der Waals surface area contributed by atoms with Gasteiger partial charge in [0.1, 0.15) is 12.2 Å². The molecule has 33 heavy (non-hydrogen) atoms. The number of rotatable bonds is 8. The molecule has 0 bridgehead atoms. The predicted octanol–water partition coefficient (Wildman–Crippen LogP) is 1.93. The third kappa shape index (κ3) is 4.53. The number of carbonyl (C=O) groups is 1. The zero-order chi connectivity index (χ0) is 23.8. The summed E-state index contributed by atoms with van der Waals surface area (Å²) in [5.41, 5.74) is 4.08. The van der Waals surface area contributed by atoms with E-state index >= 15 is 4.39 Å². The fraction of sp³-hybridized carbons (Fsp3) is 0.667. The van der Waals surface area contributed by atoms with Gasteiger partial charge in [-0.15, -0.1) is 0 Å². The molecule has 15 heteroatoms. The van der Waals surface area contributed by atoms with E-state index in [-0.39, 0.29) is 49.2 Å². The van der Waals surface area contributed by atoms with Crippen molar-refractivity contribution in [2.75, 3.05) is 32.2 Å². The lowest BCUT2D eigenvalue weighted by Crippen LogP contribution is -2.44. The van der Waals surface area contributed by atoms with Gasteiger partial charge in [-0.1, -0.05) is 0 Å². The van der Waals surface area contributed by atoms with E-state index in [1.165, 1.54) is 17.8 Å². The molecule has 182 valence electrons. The van der Waals surface area contributed by atoms with Gasteiger partial charge in [-0.25, -0.2) is 13.9 Å². The second-order valence-electron chi connectivity index (χ2n) is 7.48. The molecule has 2 aliphatic heterocycles. The number of ether oxygens (including phenoxy) is 3. The number of imidazole rings is 1. The van der Waals surface area contributed by atoms with Crippen molar-refractivity contribution in [1.82, 2.24) is 19.5 Å². The molecule has 2 aliphatic rings. The van der Waals surface area contributed by atoms with Crippen molar-refractivity contribution in [2.24, 2.45) is 0 Å². The van der Waals surface area contributed by atoms with Crippen LogP contribution in [0.4, 0.5) is 10.3 Å². The van der Waals surface area contributed by atoms with Gasteiger partial charge in [-0.3, -0.25) is 22.9 Å². The molecule has 0 aromatic carbocycles. The topological polar surface area (TPSA) is 159 Å². The van der Waals surface area contributed by atoms with Crippen LogP contribution < -0.4 is 10.5 Å². The van der Waals surface area contributed by atoms with Crippen molar-refractivity contribution in [1.29, 1.82) is 0 Å². The zero-order valence-electron chi connectivity index (χ0n) is 18.3. The van der Waals surface area contributed by atoms with Gasteiger partial charge in [-0.2, -0.15) is 9.97 Å². The maximum Gasteiger partial charge on any atom is 0.475 e. The minimum Gasteiger partial charge on any atom is -0.476 e. The number of alkyl halides is 1. The highest BCUT2D eigenvalue weighted by molar-refractivity contribution is 7.48. The first kappa shape index (κ1) is 23.8. The molecule has 0 saturated carbocycles. The highest BCUT2D eigenvalue weighted by Crippen LogP contribution is 2.59. The Morgan fingerprint density at radius 3 is 2.91 bits per heavy atom. The number of nitrogen functional groups attached to an aromatic ring is 1. The highest BCUT2D eigenvalue weighted by atomic mass is 31.2. The molecule has 0 aliphatic carbocycles. The summed E-state index contributed by atoms with van der Waals surface area (Å²) in [7, 11) is -4.13. The van der Waals surface area contributed by atoms with Crippen LogP contribution in [0.1, 0.15) is 33.4 Å². The van der Waals surface area contributed by atoms with Crippen LogP contribution in [0, 0.1) is 0 Å². The summed E-state index contributed by atoms with van der Waals surface area (Å²) < 4.78 is 62.1. The van der Waals surface area contributed by atoms with Gasteiger partial charge in [0.2, 0.25) is 11.8 Å². The molecule has 5 atom stereocenters. The molecule has 2 fully saturated rings. The molecule has 0 spiro atoms. The average molecular weight is 489 g/mol. The third-order valence-electron chi connectivity index (χ3n) is 5.12. The summed E-state index contributed by atoms with van der Waals surface area (Å²) in [5, 5.41) is 0. The molecule has 2 aromatic rings. The second-order valence-corrected chi connectivity index (χ2v) is 9.10. The summed E-state index contributed by atoms with van der Waals surface area (Å²) in [4.78, 5) is 23.8. The largest absolute Gasteiger partial charge is 0.476 e. The molecule has 0 amide bonds. The fourth-order valence-electron chi connectivity index (χ4n) is 3.70. The number of phosphoric ester groups is 1. The lowest BCUT2D eigenvalue weighted by molar-refractivity contribution is -0.143. The first-order chi connectivity index (χ1) is 15.7. The van der Waals surface area contributed by atoms with Crippen molar-refractivity contribution < 1.29 is 41.5 Å². The van der Waals surface area contributed by atoms with Crippen molar-refractivity contribution in [3.63, 3.8) is 0 Å². The third-order valence-corrected chi connectivity index (χ3v) is 6.57. The Balaban J connectivity index is 1.54. The van der Waals surface area contributed by atoms with E-state index < -0.39 is 37.9 Å². The van der Waals surface area contributed by atoms with Gasteiger partial charge in [0, 0.05) is 0 Å². The number of fused-ring (bicyclic) bond motifs is 2. The van der Waals surface area contributed by atoms with E-state index in [0.717, 1.165) is 0 Å². The number of phosphoric acid groups is 1. The number of nitrogens with zero attached hydrogens (tertiary/aromatic N) is 4. The van der Waals surface area contributed by atoms with Crippen LogP contribution in [-0.4, -0.2) is 69.8 Å². The monoisotopic (exact) mass is 489 g/mol. The van der Waals surface area contributed by atoms with Gasteiger partial charge in [0.25, 0.3) is 0 Å². The van der Waals surface area contributed by atoms with Crippen molar-refractivity contribution in [3.8, 4) is 5.88 Å². The van der Waals surface area contributed by atoms with Crippen LogP contribution in [-0.2, 0) is 32.4 Å². The van der Waals surface area contributed by atoms with E-state index in [1.807, 2.05) is 0 Å². The predicted molar refractivity (Wildman–Crippen MR) is 110 cm³/mol. The number of carbonyl (C=O) groups excluding carboxylic acids is 1. The van der Waals surface area contributed by atoms with Crippen LogP contribution in [0.25, 0.3) is 11.2 Å². The summed E-state index contributed by atoms with van der Waals surface area (Å²) in [5.74, 6) is -0.449. The van der Waals surface area contributed by atoms with Crippen LogP contribution in [0.15, 0.2) is 6.33 Å². The Morgan fingerprint density at radius 1 is 1.39 bits per heavy atom. The quantitative estimate of drug-likeness (QED) is 0.425. The number of aromatic nitrogens is 4. The van der Waals surface area contributed by atoms with Crippen molar-refractivity contribution in [2.45, 2.75) is 51.3 Å². The van der Waals surface area contributed by atoms with Crippen LogP contribution >= 0.6 is 7.82 Å². The number of hydrogen-bond acceptors (Lipinski definition) is 12. The summed E-state index contributed by atoms with van der Waals surface area (Å²) >= 11 is 0. The molecular formula is C18H25FN5O8P. The Kier molecular flexibility index (Phi) is 6.56. The standard InChI is InChI=1S/C18H25FN5O8P/c1-4-27-11(25)6-7-29-33(26)30-8-10-13(32-33)18(3,19)16(31-10)24-9-21-12-14(24)22-17(20)23-15(12)28-5-2/h9-10,13,16H,4-8H2,1-3H3,(H2,20,22,23)/t10-,13-,16-,18-,33?/m1/s1. The molecule has 13 nitrogen and oxygen atoms in total. The van der Waals surface area contributed by atoms with E-state index in [0.29, 0.717) is 6.61 Å². The first-order valence-electron chi connectivity index (χ1n) is 10.4. The lowest BCUT2D eigenvalue weighted by Gasteiger charge is -2.33. The minimum atomic E-state index is -4.13. The highest BCUT2D eigenvalue weighted by Gasteiger charge is 2.61. The molecule has 2 aromatic heterocycles. The molecule has 4 heterocycles. The Morgan fingerprint density at radius 2 is 2.18 bits per heavy atom. The normalized spacial score (nSPS) is 31.5. The first-order valence-corrected chi connectivity index (χ1v) is 11.8. The molecule has 2 N–H and O–H groups in total. The molecule has 4 rings (SSSR count). The maximum atomic E-state index is 16.0. The van der Waals surface area contributed by atoms with Crippen molar-refractivity contribution in [3.05, 3.63) is 6.33 Å². The molecule has 1 unspecified atom stereocenters. The summed E-state index contributed by atoms with van der Waals surface area (Å²) in [6.07, 6.45) is -2.25. The van der Waals surface area contributed by atoms with Gasteiger partial charge in [-0.05, 0) is 20.8 Å². The van der Waals surface area contributed by atoms with E-state index in [9.17, 15) is 9.36 Å². The van der Waals surface area contributed by atoms with E-state index in [2.05, 4.69) is 15.0 Å². The summed E-state index contributed by atoms with van der Waals surface area (Å²) in [6, 6.07) is 0. The molecule has 0 radical (unpaired) electrons. The van der Waals surface area contributed by atoms with Crippen molar-refractivity contribution >= 4 is 30.9 Å². The fourth-order valence-corrected chi connectivity index (χ4v) is 5.16. The van der Waals surface area contributed by atoms with Crippen LogP contribution in [0.5, 0.6) is 5.88 Å². The molecule has 2 saturated heterocycles. The van der Waals surface area contributed by atoms with Gasteiger partial charge in [0.05, 0.1) is 39.2 Å². The number of esters is 1. The van der Waals surface area contributed by atoms with Crippen LogP contribution in [0.3, 0.4) is 0 Å². The van der Waals surface area contributed by atoms with Gasteiger partial charge in [0.15, 0.2) is 23.1 Å². The number of halogens is 1.